The van der Waals surface area contributed by atoms with Crippen molar-refractivity contribution in [3.8, 4) is 0 Å². The molecule has 1 aliphatic rings. The van der Waals surface area contributed by atoms with Gasteiger partial charge in [0.15, 0.2) is 0 Å². The Labute approximate surface area is 474 Å². The normalized spacial score (nSPS) is 21.0. The van der Waals surface area contributed by atoms with Crippen LogP contribution < -0.4 is 64.2 Å². The lowest BCUT2D eigenvalue weighted by molar-refractivity contribution is -0.157. The molecular formula is C55H90N12O14. The maximum Gasteiger partial charge on any atom is 0.329 e. The SMILES string of the molecule is C=C1NCC(=O)N[C@@H]([C@@H](C)CC)C(=O)O[C@@H](C)[C@@H](NC(=O)[C@H](CO)NC(=O)[C@@H](NC(=O)[C@H](NC(=O)[C@@H](CCC(N)=O)NC(=O)[C@H](CO)NC(=O)[C@@H](NC(=O)[C@@H](Cc2ccccc2)NC)[C@@H](C)CC)[C@H](C)CC)[C@@H](C)CC)C(=O)N[C@H]1C. The van der Waals surface area contributed by atoms with Crippen LogP contribution in [0.4, 0.5) is 0 Å². The van der Waals surface area contributed by atoms with Crippen molar-refractivity contribution in [1.29, 1.82) is 0 Å². The smallest absolute Gasteiger partial charge is 0.329 e. The van der Waals surface area contributed by atoms with E-state index in [1.54, 1.807) is 69.4 Å². The fourth-order valence-electron chi connectivity index (χ4n) is 8.38. The fourth-order valence-corrected chi connectivity index (χ4v) is 8.38. The molecule has 0 unspecified atom stereocenters. The van der Waals surface area contributed by atoms with Gasteiger partial charge < -0.3 is 79.2 Å². The third-order valence-electron chi connectivity index (χ3n) is 14.8. The van der Waals surface area contributed by atoms with Crippen molar-refractivity contribution in [3.05, 3.63) is 48.2 Å². The first-order valence-electron chi connectivity index (χ1n) is 27.8. The minimum absolute atomic E-state index is 0.231. The number of aliphatic hydroxyl groups excluding tert-OH is 2. The lowest BCUT2D eigenvalue weighted by atomic mass is 9.94. The first-order valence-corrected chi connectivity index (χ1v) is 27.8. The van der Waals surface area contributed by atoms with Gasteiger partial charge in [-0.3, -0.25) is 47.9 Å². The Morgan fingerprint density at radius 3 is 1.58 bits per heavy atom. The molecule has 2 rings (SSSR count). The van der Waals surface area contributed by atoms with Crippen molar-refractivity contribution in [1.82, 2.24) is 58.5 Å². The number of esters is 1. The van der Waals surface area contributed by atoms with E-state index in [1.807, 2.05) is 30.3 Å². The van der Waals surface area contributed by atoms with Gasteiger partial charge in [-0.1, -0.05) is 118 Å². The van der Waals surface area contributed by atoms with E-state index < -0.39 is 175 Å². The van der Waals surface area contributed by atoms with Crippen molar-refractivity contribution in [3.63, 3.8) is 0 Å². The molecule has 15 atom stereocenters. The number of hydrogen-bond acceptors (Lipinski definition) is 16. The number of amides is 10. The van der Waals surface area contributed by atoms with Crippen LogP contribution in [-0.4, -0.2) is 169 Å². The molecule has 0 radical (unpaired) electrons. The third-order valence-corrected chi connectivity index (χ3v) is 14.8. The molecule has 1 aliphatic heterocycles. The number of likely N-dealkylation sites (N-methyl/N-ethyl adjacent to an activating group) is 1. The van der Waals surface area contributed by atoms with Crippen LogP contribution in [0.25, 0.3) is 0 Å². The molecule has 0 aromatic heterocycles. The van der Waals surface area contributed by atoms with Gasteiger partial charge in [0.1, 0.15) is 54.4 Å². The number of nitrogens with one attached hydrogen (secondary N) is 11. The van der Waals surface area contributed by atoms with E-state index in [9.17, 15) is 63.0 Å². The summed E-state index contributed by atoms with van der Waals surface area (Å²) in [5.74, 6) is -11.5. The number of primary amides is 1. The Kier molecular flexibility index (Phi) is 30.1. The van der Waals surface area contributed by atoms with Gasteiger partial charge in [-0.25, -0.2) is 4.79 Å². The highest BCUT2D eigenvalue weighted by molar-refractivity contribution is 5.98. The molecule has 0 aliphatic carbocycles. The molecule has 454 valence electrons. The maximum absolute atomic E-state index is 14.3. The summed E-state index contributed by atoms with van der Waals surface area (Å²) in [4.78, 5) is 150. The number of aliphatic hydroxyl groups is 2. The van der Waals surface area contributed by atoms with E-state index >= 15 is 0 Å². The van der Waals surface area contributed by atoms with E-state index in [1.165, 1.54) is 6.92 Å². The van der Waals surface area contributed by atoms with Crippen LogP contribution in [-0.2, 0) is 63.9 Å². The van der Waals surface area contributed by atoms with Gasteiger partial charge in [-0.2, -0.15) is 0 Å². The van der Waals surface area contributed by atoms with Crippen LogP contribution in [0, 0.1) is 23.7 Å². The predicted molar refractivity (Wildman–Crippen MR) is 299 cm³/mol. The molecule has 0 saturated carbocycles. The molecule has 10 amide bonds. The second-order valence-corrected chi connectivity index (χ2v) is 20.9. The summed E-state index contributed by atoms with van der Waals surface area (Å²) in [6.07, 6.45) is -0.411. The third kappa shape index (κ3) is 22.0. The molecular weight excluding hydrogens is 1050 g/mol. The maximum atomic E-state index is 14.3. The van der Waals surface area contributed by atoms with Crippen LogP contribution in [0.1, 0.15) is 113 Å². The second-order valence-electron chi connectivity index (χ2n) is 20.9. The van der Waals surface area contributed by atoms with Crippen LogP contribution >= 0.6 is 0 Å². The van der Waals surface area contributed by atoms with Gasteiger partial charge in [0.25, 0.3) is 0 Å². The standard InChI is InChI=1S/C55H90N12O14/c1-13-28(5)42(65-48(73)37(57-12)24-35-20-18-17-19-21-35)51(76)61-38(26-68)49(74)60-36(22-23-40(56)70)47(72)64-44(30(7)15-3)53(78)66-43(29(6)14-2)52(77)62-39(27-69)50(75)67-46-34(11)81-55(80)45(31(8)16-4)63-41(71)25-58-32(9)33(10)59-54(46)79/h17-21,28-31,33-34,36-39,42-46,57-58,68-69H,9,13-16,22-27H2,1-8,10-12H3,(H2,56,70)(H,59,79)(H,60,74)(H,61,76)(H,62,77)(H,63,71)(H,64,72)(H,65,73)(H,66,78)(H,67,75)/t28-,29-,30+,31-,33-,34-,36+,37+,38-,39-,42-,43-,44+,45-,46+/m0/s1. The van der Waals surface area contributed by atoms with Crippen LogP contribution in [0.3, 0.4) is 0 Å². The average Bonchev–Trinajstić information content (AvgIpc) is 3.45. The highest BCUT2D eigenvalue weighted by Crippen LogP contribution is 2.17. The number of rotatable bonds is 30. The number of cyclic esters (lactones) is 1. The molecule has 1 aromatic rings. The Morgan fingerprint density at radius 1 is 0.654 bits per heavy atom. The molecule has 1 fully saturated rings. The molecule has 26 nitrogen and oxygen atoms in total. The largest absolute Gasteiger partial charge is 0.458 e. The fraction of sp³-hybridized carbons (Fsp3) is 0.655. The predicted octanol–water partition coefficient (Wildman–Crippen LogP) is -2.32. The minimum Gasteiger partial charge on any atom is -0.458 e. The number of carbonyl (C=O) groups is 11. The zero-order valence-electron chi connectivity index (χ0n) is 48.7. The van der Waals surface area contributed by atoms with Crippen LogP contribution in [0.5, 0.6) is 0 Å². The molecule has 0 bridgehead atoms. The summed E-state index contributed by atoms with van der Waals surface area (Å²) in [5.41, 5.74) is 6.54. The van der Waals surface area contributed by atoms with Gasteiger partial charge in [-0.15, -0.1) is 0 Å². The summed E-state index contributed by atoms with van der Waals surface area (Å²) < 4.78 is 5.65. The Morgan fingerprint density at radius 2 is 1.11 bits per heavy atom. The van der Waals surface area contributed by atoms with Crippen molar-refractivity contribution >= 4 is 65.0 Å². The first-order chi connectivity index (χ1) is 38.2. The molecule has 26 heteroatoms. The Bertz CT molecular complexity index is 2330. The summed E-state index contributed by atoms with van der Waals surface area (Å²) in [7, 11) is 1.60. The number of nitrogens with two attached hydrogens (primary N) is 1. The lowest BCUT2D eigenvalue weighted by Crippen LogP contribution is -2.63. The van der Waals surface area contributed by atoms with E-state index in [4.69, 9.17) is 10.5 Å². The average molecular weight is 1140 g/mol. The molecule has 1 saturated heterocycles. The van der Waals surface area contributed by atoms with Crippen molar-refractivity contribution in [2.24, 2.45) is 29.4 Å². The number of ether oxygens (including phenoxy) is 1. The monoisotopic (exact) mass is 1140 g/mol. The van der Waals surface area contributed by atoms with E-state index in [0.717, 1.165) is 5.56 Å². The summed E-state index contributed by atoms with van der Waals surface area (Å²) in [5, 5.41) is 49.7. The number of carbonyl (C=O) groups excluding carboxylic acids is 11. The van der Waals surface area contributed by atoms with Crippen LogP contribution in [0.2, 0.25) is 0 Å². The second kappa shape index (κ2) is 34.8. The number of hydrogen-bond donors (Lipinski definition) is 14. The summed E-state index contributed by atoms with van der Waals surface area (Å²) in [6, 6.07) is -4.04. The molecule has 0 spiro atoms. The van der Waals surface area contributed by atoms with Crippen molar-refractivity contribution in [2.45, 2.75) is 181 Å². The highest BCUT2D eigenvalue weighted by Gasteiger charge is 2.40. The minimum atomic E-state index is -1.75. The molecule has 81 heavy (non-hydrogen) atoms. The van der Waals surface area contributed by atoms with E-state index in [2.05, 4.69) is 65.1 Å². The van der Waals surface area contributed by atoms with Gasteiger partial charge >= 0.3 is 5.97 Å². The highest BCUT2D eigenvalue weighted by atomic mass is 16.5. The zero-order valence-corrected chi connectivity index (χ0v) is 48.7. The number of benzene rings is 1. The molecule has 1 heterocycles. The quantitative estimate of drug-likeness (QED) is 0.0360. The topological polar surface area (TPSA) is 396 Å². The van der Waals surface area contributed by atoms with Gasteiger partial charge in [0, 0.05) is 12.1 Å². The zero-order chi connectivity index (χ0) is 61.3. The van der Waals surface area contributed by atoms with Gasteiger partial charge in [-0.05, 0) is 63.0 Å². The summed E-state index contributed by atoms with van der Waals surface area (Å²) >= 11 is 0. The van der Waals surface area contributed by atoms with Gasteiger partial charge in [0.2, 0.25) is 59.1 Å². The van der Waals surface area contributed by atoms with Crippen LogP contribution in [0.15, 0.2) is 42.6 Å². The Balaban J connectivity index is 2.37. The lowest BCUT2D eigenvalue weighted by Gasteiger charge is -2.31. The van der Waals surface area contributed by atoms with Crippen molar-refractivity contribution < 1.29 is 67.7 Å². The molecule has 15 N–H and O–H groups in total. The van der Waals surface area contributed by atoms with Gasteiger partial charge in [0.05, 0.1) is 31.8 Å². The first kappa shape index (κ1) is 69.9. The van der Waals surface area contributed by atoms with Crippen molar-refractivity contribution in [2.75, 3.05) is 26.8 Å². The summed E-state index contributed by atoms with van der Waals surface area (Å²) in [6.45, 7) is 18.3. The van der Waals surface area contributed by atoms with E-state index in [0.29, 0.717) is 19.3 Å². The Hall–Kier alpha value is -7.19. The molecule has 1 aromatic carbocycles. The van der Waals surface area contributed by atoms with E-state index in [-0.39, 0.29) is 31.5 Å².